The second-order valence-electron chi connectivity index (χ2n) is 8.42. The molecule has 0 radical (unpaired) electrons. The van der Waals surface area contributed by atoms with E-state index in [1.54, 1.807) is 7.05 Å². The molecule has 7 heteroatoms. The average Bonchev–Trinajstić information content (AvgIpc) is 2.89. The second kappa shape index (κ2) is 6.44. The van der Waals surface area contributed by atoms with Gasteiger partial charge in [0.25, 0.3) is 5.91 Å². The molecular formula is C19H25F3N2O2. The molecule has 2 atom stereocenters. The molecule has 1 saturated heterocycles. The van der Waals surface area contributed by atoms with Crippen LogP contribution in [0.5, 0.6) is 5.75 Å². The van der Waals surface area contributed by atoms with Crippen molar-refractivity contribution in [2.24, 2.45) is 5.41 Å². The van der Waals surface area contributed by atoms with E-state index in [1.807, 2.05) is 0 Å². The number of amides is 1. The number of likely N-dealkylation sites (tertiary alicyclic amines) is 1. The zero-order chi connectivity index (χ0) is 19.3. The van der Waals surface area contributed by atoms with E-state index in [2.05, 4.69) is 25.7 Å². The van der Waals surface area contributed by atoms with Gasteiger partial charge in [0.05, 0.1) is 17.2 Å². The highest BCUT2D eigenvalue weighted by Gasteiger charge is 2.43. The van der Waals surface area contributed by atoms with Crippen molar-refractivity contribution in [3.63, 3.8) is 0 Å². The second-order valence-corrected chi connectivity index (χ2v) is 8.42. The Bertz CT molecular complexity index is 697. The Kier molecular flexibility index (Phi) is 4.71. The van der Waals surface area contributed by atoms with Crippen LogP contribution in [0.1, 0.15) is 43.1 Å². The summed E-state index contributed by atoms with van der Waals surface area (Å²) >= 11 is 0. The fraction of sp³-hybridized carbons (Fsp3) is 0.632. The molecule has 2 heterocycles. The monoisotopic (exact) mass is 370 g/mol. The van der Waals surface area contributed by atoms with Crippen molar-refractivity contribution < 1.29 is 22.7 Å². The third kappa shape index (κ3) is 3.82. The molecule has 1 aromatic carbocycles. The van der Waals surface area contributed by atoms with E-state index in [0.29, 0.717) is 13.1 Å². The Labute approximate surface area is 151 Å². The summed E-state index contributed by atoms with van der Waals surface area (Å²) in [5.74, 6) is -0.184. The smallest absolute Gasteiger partial charge is 0.416 e. The van der Waals surface area contributed by atoms with Crippen LogP contribution in [0.4, 0.5) is 13.2 Å². The molecule has 26 heavy (non-hydrogen) atoms. The van der Waals surface area contributed by atoms with Crippen LogP contribution in [0.2, 0.25) is 0 Å². The molecule has 0 N–H and O–H groups in total. The molecule has 0 spiro atoms. The Hall–Kier alpha value is -1.76. The normalized spacial score (nSPS) is 24.1. The quantitative estimate of drug-likeness (QED) is 0.797. The Morgan fingerprint density at radius 1 is 1.19 bits per heavy atom. The summed E-state index contributed by atoms with van der Waals surface area (Å²) in [5.41, 5.74) is -0.633. The van der Waals surface area contributed by atoms with Gasteiger partial charge in [0.15, 0.2) is 0 Å². The molecule has 0 aliphatic carbocycles. The predicted molar refractivity (Wildman–Crippen MR) is 92.3 cm³/mol. The zero-order valence-electron chi connectivity index (χ0n) is 15.6. The zero-order valence-corrected chi connectivity index (χ0v) is 15.6. The lowest BCUT2D eigenvalue weighted by atomic mass is 9.92. The topological polar surface area (TPSA) is 32.8 Å². The number of fused-ring (bicyclic) bond motifs is 2. The molecule has 1 amide bonds. The van der Waals surface area contributed by atoms with Crippen molar-refractivity contribution >= 4 is 5.91 Å². The number of halogens is 3. The van der Waals surface area contributed by atoms with Crippen molar-refractivity contribution in [1.82, 2.24) is 9.80 Å². The first-order chi connectivity index (χ1) is 12.0. The van der Waals surface area contributed by atoms with Crippen LogP contribution in [-0.2, 0) is 6.18 Å². The van der Waals surface area contributed by atoms with E-state index < -0.39 is 17.6 Å². The Morgan fingerprint density at radius 3 is 2.50 bits per heavy atom. The van der Waals surface area contributed by atoms with Crippen molar-refractivity contribution in [3.05, 3.63) is 29.3 Å². The molecule has 0 saturated carbocycles. The van der Waals surface area contributed by atoms with Crippen molar-refractivity contribution in [1.29, 1.82) is 0 Å². The number of ether oxygens (including phenoxy) is 1. The number of nitrogens with zero attached hydrogens (tertiary/aromatic N) is 2. The number of hydrogen-bond acceptors (Lipinski definition) is 3. The summed E-state index contributed by atoms with van der Waals surface area (Å²) in [6.45, 7) is 8.79. The molecule has 0 bridgehead atoms. The third-order valence-electron chi connectivity index (χ3n) is 5.12. The lowest BCUT2D eigenvalue weighted by Gasteiger charge is -2.26. The average molecular weight is 370 g/mol. The van der Waals surface area contributed by atoms with E-state index in [1.165, 1.54) is 11.0 Å². The van der Waals surface area contributed by atoms with Crippen LogP contribution in [0.15, 0.2) is 18.2 Å². The van der Waals surface area contributed by atoms with Gasteiger partial charge in [-0.1, -0.05) is 20.8 Å². The van der Waals surface area contributed by atoms with E-state index in [0.717, 1.165) is 25.1 Å². The summed E-state index contributed by atoms with van der Waals surface area (Å²) in [6, 6.07) is 2.97. The number of likely N-dealkylation sites (N-methyl/N-ethyl adjacent to an activating group) is 1. The van der Waals surface area contributed by atoms with Crippen molar-refractivity contribution in [2.75, 3.05) is 26.7 Å². The molecule has 2 aliphatic rings. The number of alkyl halides is 3. The van der Waals surface area contributed by atoms with Gasteiger partial charge < -0.3 is 9.64 Å². The lowest BCUT2D eigenvalue weighted by molar-refractivity contribution is -0.137. The number of hydrogen-bond donors (Lipinski definition) is 0. The van der Waals surface area contributed by atoms with Gasteiger partial charge in [-0.25, -0.2) is 0 Å². The summed E-state index contributed by atoms with van der Waals surface area (Å²) in [4.78, 5) is 16.5. The van der Waals surface area contributed by atoms with Gasteiger partial charge in [0.2, 0.25) is 0 Å². The molecule has 144 valence electrons. The summed E-state index contributed by atoms with van der Waals surface area (Å²) < 4.78 is 44.9. The van der Waals surface area contributed by atoms with Gasteiger partial charge >= 0.3 is 6.18 Å². The largest absolute Gasteiger partial charge is 0.486 e. The van der Waals surface area contributed by atoms with E-state index in [-0.39, 0.29) is 28.9 Å². The number of rotatable bonds is 2. The van der Waals surface area contributed by atoms with Crippen molar-refractivity contribution in [2.45, 2.75) is 45.5 Å². The van der Waals surface area contributed by atoms with Gasteiger partial charge in [-0.15, -0.1) is 0 Å². The van der Waals surface area contributed by atoms with Crippen LogP contribution in [0.3, 0.4) is 0 Å². The predicted octanol–water partition coefficient (Wildman–Crippen LogP) is 3.66. The summed E-state index contributed by atoms with van der Waals surface area (Å²) in [7, 11) is 1.64. The number of carbonyl (C=O) groups is 1. The third-order valence-corrected chi connectivity index (χ3v) is 5.12. The van der Waals surface area contributed by atoms with Gasteiger partial charge in [-0.2, -0.15) is 13.2 Å². The standard InChI is InChI=1S/C19H25F3N2O2/c1-18(2,3)7-8-24-10-14-16(11-24)26-15-6-5-12(19(20,21)22)9-13(15)17(25)23(14)4/h5-6,9,14,16H,7-8,10-11H2,1-4H3/t14-,16+/m1/s1. The van der Waals surface area contributed by atoms with E-state index >= 15 is 0 Å². The Morgan fingerprint density at radius 2 is 1.88 bits per heavy atom. The maximum absolute atomic E-state index is 13.0. The van der Waals surface area contributed by atoms with Gasteiger partial charge in [-0.05, 0) is 36.6 Å². The Balaban J connectivity index is 1.82. The van der Waals surface area contributed by atoms with Crippen LogP contribution < -0.4 is 4.74 Å². The first kappa shape index (κ1) is 19.0. The van der Waals surface area contributed by atoms with Crippen LogP contribution in [-0.4, -0.2) is 54.5 Å². The maximum atomic E-state index is 13.0. The number of benzene rings is 1. The van der Waals surface area contributed by atoms with Crippen LogP contribution >= 0.6 is 0 Å². The van der Waals surface area contributed by atoms with Gasteiger partial charge in [0, 0.05) is 20.1 Å². The molecule has 0 aromatic heterocycles. The fourth-order valence-corrected chi connectivity index (χ4v) is 3.48. The minimum absolute atomic E-state index is 0.0158. The van der Waals surface area contributed by atoms with Crippen LogP contribution in [0.25, 0.3) is 0 Å². The van der Waals surface area contributed by atoms with Gasteiger partial charge in [0.1, 0.15) is 11.9 Å². The summed E-state index contributed by atoms with van der Waals surface area (Å²) in [5, 5.41) is 0. The first-order valence-electron chi connectivity index (χ1n) is 8.83. The van der Waals surface area contributed by atoms with E-state index in [4.69, 9.17) is 4.74 Å². The minimum atomic E-state index is -4.49. The molecule has 2 aliphatic heterocycles. The van der Waals surface area contributed by atoms with Crippen LogP contribution in [0, 0.1) is 5.41 Å². The molecule has 1 fully saturated rings. The molecule has 3 rings (SSSR count). The lowest BCUT2D eigenvalue weighted by Crippen LogP contribution is -2.44. The minimum Gasteiger partial charge on any atom is -0.486 e. The molecule has 0 unspecified atom stereocenters. The highest BCUT2D eigenvalue weighted by atomic mass is 19.4. The number of carbonyl (C=O) groups excluding carboxylic acids is 1. The summed E-state index contributed by atoms with van der Waals surface area (Å²) in [6.07, 6.45) is -3.70. The molecule has 1 aromatic rings. The molecular weight excluding hydrogens is 345 g/mol. The highest BCUT2D eigenvalue weighted by Crippen LogP contribution is 2.36. The molecule has 4 nitrogen and oxygen atoms in total. The van der Waals surface area contributed by atoms with E-state index in [9.17, 15) is 18.0 Å². The fourth-order valence-electron chi connectivity index (χ4n) is 3.48. The highest BCUT2D eigenvalue weighted by molar-refractivity contribution is 5.97. The maximum Gasteiger partial charge on any atom is 0.416 e. The van der Waals surface area contributed by atoms with Crippen molar-refractivity contribution in [3.8, 4) is 5.75 Å². The SMILES string of the molecule is CN1C(=O)c2cc(C(F)(F)F)ccc2O[C@H]2CN(CCC(C)(C)C)C[C@H]21. The van der Waals surface area contributed by atoms with Gasteiger partial charge in [-0.3, -0.25) is 9.69 Å². The first-order valence-corrected chi connectivity index (χ1v) is 8.83.